The maximum Gasteiger partial charge on any atom is 0.174 e. The van der Waals surface area contributed by atoms with Gasteiger partial charge in [0.1, 0.15) is 0 Å². The van der Waals surface area contributed by atoms with E-state index in [2.05, 4.69) is 5.32 Å². The average molecular weight is 380 g/mol. The summed E-state index contributed by atoms with van der Waals surface area (Å²) in [7, 11) is 0. The molecular weight excluding hydrogens is 364 g/mol. The molecule has 0 amide bonds. The highest BCUT2D eigenvalue weighted by molar-refractivity contribution is 7.99. The van der Waals surface area contributed by atoms with Gasteiger partial charge in [-0.2, -0.15) is 0 Å². The van der Waals surface area contributed by atoms with Gasteiger partial charge >= 0.3 is 0 Å². The van der Waals surface area contributed by atoms with Crippen LogP contribution < -0.4 is 5.32 Å². The van der Waals surface area contributed by atoms with Gasteiger partial charge in [0.2, 0.25) is 0 Å². The molecule has 0 aliphatic carbocycles. The minimum absolute atomic E-state index is 0.0405. The van der Waals surface area contributed by atoms with Crippen LogP contribution in [-0.4, -0.2) is 18.9 Å². The molecule has 2 aromatic carbocycles. The number of ketones is 1. The lowest BCUT2D eigenvalue weighted by Crippen LogP contribution is -2.46. The van der Waals surface area contributed by atoms with Crippen molar-refractivity contribution in [2.24, 2.45) is 0 Å². The normalized spacial score (nSPS) is 18.6. The number of benzene rings is 2. The zero-order chi connectivity index (χ0) is 17.8. The first-order valence-corrected chi connectivity index (χ1v) is 9.35. The number of Topliss-reactive ketones (excluding diaryl/α,β-unsaturated/α-hetero) is 1. The third kappa shape index (κ3) is 2.52. The van der Waals surface area contributed by atoms with Gasteiger partial charge in [-0.25, -0.2) is 8.78 Å². The largest absolute Gasteiger partial charge is 0.317 e. The van der Waals surface area contributed by atoms with E-state index in [9.17, 15) is 13.6 Å². The van der Waals surface area contributed by atoms with Gasteiger partial charge in [0.15, 0.2) is 17.4 Å². The van der Waals surface area contributed by atoms with E-state index in [1.54, 1.807) is 12.1 Å². The van der Waals surface area contributed by atoms with Gasteiger partial charge < -0.3 is 5.32 Å². The van der Waals surface area contributed by atoms with Gasteiger partial charge in [-0.3, -0.25) is 4.79 Å². The van der Waals surface area contributed by atoms with Crippen LogP contribution in [0.4, 0.5) is 8.78 Å². The van der Waals surface area contributed by atoms with Crippen LogP contribution in [0, 0.1) is 18.6 Å². The second-order valence-corrected chi connectivity index (χ2v) is 8.06. The standard InChI is InChI=1S/C19H16ClF2NOS/c1-10-12(20)2-3-15-17(10)18(24)19(4-6-23-7-5-19)11-8-13(21)14(22)9-16(11)25-15/h2-3,8-9,23H,4-7H2,1H3. The van der Waals surface area contributed by atoms with Crippen molar-refractivity contribution in [3.63, 3.8) is 0 Å². The first kappa shape index (κ1) is 17.0. The van der Waals surface area contributed by atoms with E-state index in [0.717, 1.165) is 10.5 Å². The Morgan fingerprint density at radius 1 is 1.12 bits per heavy atom. The van der Waals surface area contributed by atoms with Gasteiger partial charge in [0.25, 0.3) is 0 Å². The lowest BCUT2D eigenvalue weighted by Gasteiger charge is -2.37. The van der Waals surface area contributed by atoms with E-state index in [-0.39, 0.29) is 5.78 Å². The summed E-state index contributed by atoms with van der Waals surface area (Å²) in [5.74, 6) is -1.84. The number of carbonyl (C=O) groups excluding carboxylic acids is 1. The molecule has 0 atom stereocenters. The van der Waals surface area contributed by atoms with Crippen molar-refractivity contribution in [2.45, 2.75) is 35.0 Å². The Morgan fingerprint density at radius 3 is 2.52 bits per heavy atom. The minimum atomic E-state index is -0.911. The van der Waals surface area contributed by atoms with E-state index in [1.807, 2.05) is 6.92 Å². The van der Waals surface area contributed by atoms with Crippen LogP contribution in [-0.2, 0) is 5.41 Å². The van der Waals surface area contributed by atoms with Gasteiger partial charge in [0.05, 0.1) is 5.41 Å². The number of fused-ring (bicyclic) bond motifs is 3. The summed E-state index contributed by atoms with van der Waals surface area (Å²) in [5, 5.41) is 3.78. The molecule has 2 nitrogen and oxygen atoms in total. The second-order valence-electron chi connectivity index (χ2n) is 6.57. The Morgan fingerprint density at radius 2 is 1.80 bits per heavy atom. The van der Waals surface area contributed by atoms with Crippen LogP contribution >= 0.6 is 23.4 Å². The first-order chi connectivity index (χ1) is 11.9. The van der Waals surface area contributed by atoms with Crippen LogP contribution in [0.5, 0.6) is 0 Å². The topological polar surface area (TPSA) is 29.1 Å². The Labute approximate surface area is 154 Å². The monoisotopic (exact) mass is 379 g/mol. The predicted octanol–water partition coefficient (Wildman–Crippen LogP) is 4.90. The fourth-order valence-electron chi connectivity index (χ4n) is 3.85. The van der Waals surface area contributed by atoms with Crippen molar-refractivity contribution in [1.82, 2.24) is 5.32 Å². The summed E-state index contributed by atoms with van der Waals surface area (Å²) >= 11 is 7.57. The maximum atomic E-state index is 14.0. The van der Waals surface area contributed by atoms with Gasteiger partial charge in [-0.15, -0.1) is 0 Å². The molecule has 1 fully saturated rings. The van der Waals surface area contributed by atoms with Crippen LogP contribution in [0.25, 0.3) is 0 Å². The molecule has 1 saturated heterocycles. The Hall–Kier alpha value is -1.43. The summed E-state index contributed by atoms with van der Waals surface area (Å²) in [5.41, 5.74) is 1.05. The molecule has 2 aromatic rings. The maximum absolute atomic E-state index is 14.0. The highest BCUT2D eigenvalue weighted by atomic mass is 35.5. The molecule has 2 aliphatic heterocycles. The van der Waals surface area contributed by atoms with Crippen molar-refractivity contribution < 1.29 is 13.6 Å². The summed E-state index contributed by atoms with van der Waals surface area (Å²) < 4.78 is 27.9. The van der Waals surface area contributed by atoms with Gasteiger partial charge in [-0.1, -0.05) is 23.4 Å². The van der Waals surface area contributed by atoms with Gasteiger partial charge in [0, 0.05) is 20.4 Å². The van der Waals surface area contributed by atoms with E-state index < -0.39 is 17.0 Å². The predicted molar refractivity (Wildman–Crippen MR) is 94.8 cm³/mol. The second kappa shape index (κ2) is 6.08. The van der Waals surface area contributed by atoms with Crippen LogP contribution in [0.3, 0.4) is 0 Å². The van der Waals surface area contributed by atoms with Crippen LogP contribution in [0.1, 0.15) is 34.3 Å². The molecular formula is C19H16ClF2NOS. The third-order valence-electron chi connectivity index (χ3n) is 5.24. The highest BCUT2D eigenvalue weighted by Crippen LogP contribution is 2.50. The molecule has 0 unspecified atom stereocenters. The molecule has 2 aliphatic rings. The smallest absolute Gasteiger partial charge is 0.174 e. The van der Waals surface area contributed by atoms with Crippen molar-refractivity contribution in [3.8, 4) is 0 Å². The number of halogens is 3. The number of piperidine rings is 1. The van der Waals surface area contributed by atoms with Crippen molar-refractivity contribution >= 4 is 29.1 Å². The Bertz CT molecular complexity index is 893. The van der Waals surface area contributed by atoms with E-state index in [1.165, 1.54) is 23.9 Å². The fraction of sp³-hybridized carbons (Fsp3) is 0.316. The minimum Gasteiger partial charge on any atom is -0.317 e. The lowest BCUT2D eigenvalue weighted by atomic mass is 9.68. The number of hydrogen-bond acceptors (Lipinski definition) is 3. The van der Waals surface area contributed by atoms with E-state index in [0.29, 0.717) is 47.0 Å². The van der Waals surface area contributed by atoms with Crippen LogP contribution in [0.15, 0.2) is 34.1 Å². The first-order valence-electron chi connectivity index (χ1n) is 8.16. The molecule has 1 spiro atoms. The summed E-state index contributed by atoms with van der Waals surface area (Å²) in [6.45, 7) is 3.14. The van der Waals surface area contributed by atoms with E-state index >= 15 is 0 Å². The molecule has 1 N–H and O–H groups in total. The fourth-order valence-corrected chi connectivity index (χ4v) is 5.25. The number of nitrogens with one attached hydrogen (secondary N) is 1. The summed E-state index contributed by atoms with van der Waals surface area (Å²) in [6.07, 6.45) is 1.10. The quantitative estimate of drug-likeness (QED) is 0.706. The number of carbonyl (C=O) groups is 1. The highest BCUT2D eigenvalue weighted by Gasteiger charge is 2.46. The van der Waals surface area contributed by atoms with E-state index in [4.69, 9.17) is 11.6 Å². The number of hydrogen-bond donors (Lipinski definition) is 1. The Kier molecular flexibility index (Phi) is 4.13. The molecule has 0 aromatic heterocycles. The molecule has 2 heterocycles. The third-order valence-corrected chi connectivity index (χ3v) is 6.76. The van der Waals surface area contributed by atoms with Crippen LogP contribution in [0.2, 0.25) is 5.02 Å². The molecule has 4 rings (SSSR count). The molecule has 6 heteroatoms. The lowest BCUT2D eigenvalue weighted by molar-refractivity contribution is 0.0841. The molecule has 25 heavy (non-hydrogen) atoms. The zero-order valence-corrected chi connectivity index (χ0v) is 15.2. The van der Waals surface area contributed by atoms with Crippen molar-refractivity contribution in [1.29, 1.82) is 0 Å². The Balaban J connectivity index is 2.04. The van der Waals surface area contributed by atoms with Gasteiger partial charge in [-0.05, 0) is 68.2 Å². The summed E-state index contributed by atoms with van der Waals surface area (Å²) in [6, 6.07) is 5.96. The van der Waals surface area contributed by atoms with Crippen molar-refractivity contribution in [3.05, 3.63) is 57.6 Å². The SMILES string of the molecule is Cc1c(Cl)ccc2c1C(=O)C1(CCNCC1)c1cc(F)c(F)cc1S2. The average Bonchev–Trinajstić information content (AvgIpc) is 2.69. The summed E-state index contributed by atoms with van der Waals surface area (Å²) in [4.78, 5) is 15.0. The molecule has 0 bridgehead atoms. The molecule has 130 valence electrons. The zero-order valence-electron chi connectivity index (χ0n) is 13.6. The number of rotatable bonds is 0. The van der Waals surface area contributed by atoms with Crippen molar-refractivity contribution in [2.75, 3.05) is 13.1 Å². The molecule has 0 radical (unpaired) electrons. The molecule has 0 saturated carbocycles.